The first-order chi connectivity index (χ1) is 14.0. The summed E-state index contributed by atoms with van der Waals surface area (Å²) in [6, 6.07) is 11.1. The lowest BCUT2D eigenvalue weighted by atomic mass is 10.1. The minimum atomic E-state index is -0.269. The summed E-state index contributed by atoms with van der Waals surface area (Å²) in [5, 5.41) is 5.82. The third-order valence-corrected chi connectivity index (χ3v) is 5.04. The van der Waals surface area contributed by atoms with Gasteiger partial charge in [-0.2, -0.15) is 4.52 Å². The highest BCUT2D eigenvalue weighted by molar-refractivity contribution is 6.30. The van der Waals surface area contributed by atoms with E-state index in [2.05, 4.69) is 17.0 Å². The van der Waals surface area contributed by atoms with Crippen molar-refractivity contribution < 1.29 is 9.47 Å². The Morgan fingerprint density at radius 1 is 1.10 bits per heavy atom. The number of aryl methyl sites for hydroxylation is 1. The van der Waals surface area contributed by atoms with E-state index < -0.39 is 0 Å². The molecule has 4 rings (SSSR count). The fourth-order valence-electron chi connectivity index (χ4n) is 3.45. The van der Waals surface area contributed by atoms with Crippen LogP contribution in [0.25, 0.3) is 16.6 Å². The van der Waals surface area contributed by atoms with Crippen LogP contribution in [-0.4, -0.2) is 33.4 Å². The van der Waals surface area contributed by atoms with Gasteiger partial charge in [0.25, 0.3) is 0 Å². The van der Waals surface area contributed by atoms with Gasteiger partial charge in [-0.25, -0.2) is 9.78 Å². The largest absolute Gasteiger partial charge is 0.493 e. The maximum Gasteiger partial charge on any atom is 0.351 e. The molecule has 0 aliphatic carbocycles. The van der Waals surface area contributed by atoms with Gasteiger partial charge in [-0.15, -0.1) is 5.10 Å². The van der Waals surface area contributed by atoms with Crippen molar-refractivity contribution in [3.8, 4) is 11.5 Å². The van der Waals surface area contributed by atoms with Crippen LogP contribution in [0.3, 0.4) is 0 Å². The van der Waals surface area contributed by atoms with Crippen LogP contribution in [-0.2, 0) is 13.0 Å². The molecule has 29 heavy (non-hydrogen) atoms. The van der Waals surface area contributed by atoms with Gasteiger partial charge < -0.3 is 9.47 Å². The zero-order valence-electron chi connectivity index (χ0n) is 16.5. The Balaban J connectivity index is 2.05. The van der Waals surface area contributed by atoms with Gasteiger partial charge in [0.15, 0.2) is 23.0 Å². The molecule has 0 bridgehead atoms. The van der Waals surface area contributed by atoms with E-state index in [1.165, 1.54) is 4.52 Å². The second kappa shape index (κ2) is 7.75. The van der Waals surface area contributed by atoms with E-state index in [-0.39, 0.29) is 5.69 Å². The standard InChI is InChI=1S/C21H21ClN4O3/c1-4-6-19-23-20-15-10-17(28-2)18(29-3)11-16(15)25(21(27)26(20)24-19)12-13-7-5-8-14(22)9-13/h5,7-11H,4,6,12H2,1-3H3. The number of nitrogens with zero attached hydrogens (tertiary/aromatic N) is 4. The normalized spacial score (nSPS) is 11.3. The monoisotopic (exact) mass is 412 g/mol. The second-order valence-electron chi connectivity index (χ2n) is 6.74. The number of rotatable bonds is 6. The minimum Gasteiger partial charge on any atom is -0.493 e. The molecule has 2 heterocycles. The van der Waals surface area contributed by atoms with E-state index >= 15 is 0 Å². The molecule has 0 unspecified atom stereocenters. The lowest BCUT2D eigenvalue weighted by molar-refractivity contribution is 0.355. The van der Waals surface area contributed by atoms with E-state index in [0.717, 1.165) is 17.4 Å². The van der Waals surface area contributed by atoms with Crippen molar-refractivity contribution in [1.82, 2.24) is 19.2 Å². The molecular formula is C21H21ClN4O3. The van der Waals surface area contributed by atoms with Gasteiger partial charge >= 0.3 is 5.69 Å². The first kappa shape index (κ1) is 19.3. The van der Waals surface area contributed by atoms with Crippen LogP contribution in [0.1, 0.15) is 24.7 Å². The molecule has 0 N–H and O–H groups in total. The van der Waals surface area contributed by atoms with E-state index in [4.69, 9.17) is 21.1 Å². The van der Waals surface area contributed by atoms with Gasteiger partial charge in [0.1, 0.15) is 0 Å². The van der Waals surface area contributed by atoms with Crippen molar-refractivity contribution in [2.24, 2.45) is 0 Å². The van der Waals surface area contributed by atoms with Crippen LogP contribution in [0.4, 0.5) is 0 Å². The summed E-state index contributed by atoms with van der Waals surface area (Å²) in [5.74, 6) is 1.74. The number of hydrogen-bond acceptors (Lipinski definition) is 5. The third-order valence-electron chi connectivity index (χ3n) is 4.80. The summed E-state index contributed by atoms with van der Waals surface area (Å²) in [5.41, 5.74) is 1.84. The summed E-state index contributed by atoms with van der Waals surface area (Å²) < 4.78 is 13.9. The van der Waals surface area contributed by atoms with E-state index in [1.807, 2.05) is 24.3 Å². The number of methoxy groups -OCH3 is 2. The van der Waals surface area contributed by atoms with Gasteiger partial charge in [-0.3, -0.25) is 4.57 Å². The Hall–Kier alpha value is -3.06. The van der Waals surface area contributed by atoms with E-state index in [0.29, 0.717) is 46.5 Å². The van der Waals surface area contributed by atoms with Crippen molar-refractivity contribution in [1.29, 1.82) is 0 Å². The highest BCUT2D eigenvalue weighted by Crippen LogP contribution is 2.33. The quantitative estimate of drug-likeness (QED) is 0.482. The average molecular weight is 413 g/mol. The average Bonchev–Trinajstić information content (AvgIpc) is 3.14. The molecule has 2 aromatic carbocycles. The Labute approximate surface area is 172 Å². The van der Waals surface area contributed by atoms with Crippen molar-refractivity contribution in [3.63, 3.8) is 0 Å². The molecule has 7 nitrogen and oxygen atoms in total. The van der Waals surface area contributed by atoms with Crippen LogP contribution in [0, 0.1) is 0 Å². The zero-order chi connectivity index (χ0) is 20.5. The Morgan fingerprint density at radius 2 is 1.86 bits per heavy atom. The van der Waals surface area contributed by atoms with Gasteiger partial charge in [0.2, 0.25) is 0 Å². The summed E-state index contributed by atoms with van der Waals surface area (Å²) in [4.78, 5) is 17.9. The fraction of sp³-hybridized carbons (Fsp3) is 0.286. The van der Waals surface area contributed by atoms with E-state index in [9.17, 15) is 4.79 Å². The Morgan fingerprint density at radius 3 is 2.55 bits per heavy atom. The smallest absolute Gasteiger partial charge is 0.351 e. The van der Waals surface area contributed by atoms with E-state index in [1.54, 1.807) is 30.9 Å². The molecule has 8 heteroatoms. The third kappa shape index (κ3) is 3.42. The van der Waals surface area contributed by atoms with Crippen molar-refractivity contribution in [2.45, 2.75) is 26.3 Å². The fourth-order valence-corrected chi connectivity index (χ4v) is 3.66. The number of ether oxygens (including phenoxy) is 2. The number of benzene rings is 2. The maximum atomic E-state index is 13.3. The van der Waals surface area contributed by atoms with Gasteiger partial charge in [-0.1, -0.05) is 30.7 Å². The van der Waals surface area contributed by atoms with Gasteiger partial charge in [0, 0.05) is 22.9 Å². The Kier molecular flexibility index (Phi) is 5.15. The summed E-state index contributed by atoms with van der Waals surface area (Å²) in [7, 11) is 3.15. The Bertz CT molecular complexity index is 1260. The highest BCUT2D eigenvalue weighted by Gasteiger charge is 2.18. The molecule has 2 aromatic heterocycles. The number of halogens is 1. The molecule has 0 atom stereocenters. The minimum absolute atomic E-state index is 0.269. The van der Waals surface area contributed by atoms with Crippen LogP contribution in [0.15, 0.2) is 41.2 Å². The number of aromatic nitrogens is 4. The first-order valence-electron chi connectivity index (χ1n) is 9.34. The van der Waals surface area contributed by atoms with Crippen molar-refractivity contribution >= 4 is 28.2 Å². The molecule has 0 radical (unpaired) electrons. The molecule has 150 valence electrons. The predicted octanol–water partition coefficient (Wildman–Crippen LogP) is 3.72. The topological polar surface area (TPSA) is 70.7 Å². The van der Waals surface area contributed by atoms with Crippen molar-refractivity contribution in [3.05, 3.63) is 63.3 Å². The van der Waals surface area contributed by atoms with Crippen LogP contribution in [0.5, 0.6) is 11.5 Å². The van der Waals surface area contributed by atoms with Crippen molar-refractivity contribution in [2.75, 3.05) is 14.2 Å². The molecule has 4 aromatic rings. The lowest BCUT2D eigenvalue weighted by Gasteiger charge is -2.14. The summed E-state index contributed by atoms with van der Waals surface area (Å²) in [6.07, 6.45) is 1.59. The maximum absolute atomic E-state index is 13.3. The first-order valence-corrected chi connectivity index (χ1v) is 9.72. The van der Waals surface area contributed by atoms with Crippen LogP contribution >= 0.6 is 11.6 Å². The SMILES string of the molecule is CCCc1nc2c3cc(OC)c(OC)cc3n(Cc3cccc(Cl)c3)c(=O)n2n1. The second-order valence-corrected chi connectivity index (χ2v) is 7.17. The zero-order valence-corrected chi connectivity index (χ0v) is 17.2. The molecule has 0 saturated carbocycles. The molecule has 0 fully saturated rings. The van der Waals surface area contributed by atoms with Gasteiger partial charge in [-0.05, 0) is 30.2 Å². The van der Waals surface area contributed by atoms with Gasteiger partial charge in [0.05, 0.1) is 26.3 Å². The summed E-state index contributed by atoms with van der Waals surface area (Å²) >= 11 is 6.14. The molecule has 0 saturated heterocycles. The molecule has 0 amide bonds. The lowest BCUT2D eigenvalue weighted by Crippen LogP contribution is -2.28. The highest BCUT2D eigenvalue weighted by atomic mass is 35.5. The number of hydrogen-bond donors (Lipinski definition) is 0. The summed E-state index contributed by atoms with van der Waals surface area (Å²) in [6.45, 7) is 2.39. The molecule has 0 spiro atoms. The number of fused-ring (bicyclic) bond motifs is 3. The molecule has 0 aliphatic heterocycles. The molecular weight excluding hydrogens is 392 g/mol. The predicted molar refractivity (Wildman–Crippen MR) is 112 cm³/mol. The molecule has 0 aliphatic rings. The van der Waals surface area contributed by atoms with Crippen LogP contribution < -0.4 is 15.2 Å². The van der Waals surface area contributed by atoms with Crippen LogP contribution in [0.2, 0.25) is 5.02 Å².